The zero-order valence-electron chi connectivity index (χ0n) is 12.6. The highest BCUT2D eigenvalue weighted by atomic mass is 35.5. The number of hydrogen-bond acceptors (Lipinski definition) is 0. The number of halogens is 1. The van der Waals surface area contributed by atoms with Gasteiger partial charge in [-0.2, -0.15) is 0 Å². The van der Waals surface area contributed by atoms with Crippen LogP contribution in [0.4, 0.5) is 0 Å². The Balaban J connectivity index is 2.12. The van der Waals surface area contributed by atoms with Gasteiger partial charge in [-0.1, -0.05) is 42.8 Å². The largest absolute Gasteiger partial charge is 0.0836 e. The van der Waals surface area contributed by atoms with E-state index in [9.17, 15) is 0 Å². The second-order valence-electron chi connectivity index (χ2n) is 6.40. The van der Waals surface area contributed by atoms with Gasteiger partial charge in [-0.3, -0.25) is 0 Å². The van der Waals surface area contributed by atoms with Crippen LogP contribution in [-0.4, -0.2) is 0 Å². The van der Waals surface area contributed by atoms with Crippen LogP contribution in [0.15, 0.2) is 18.2 Å². The van der Waals surface area contributed by atoms with Crippen LogP contribution in [0.2, 0.25) is 5.02 Å². The molecule has 0 bridgehead atoms. The molecule has 0 saturated heterocycles. The van der Waals surface area contributed by atoms with E-state index >= 15 is 0 Å². The van der Waals surface area contributed by atoms with Gasteiger partial charge in [0, 0.05) is 10.4 Å². The molecule has 0 N–H and O–H groups in total. The Labute approximate surface area is 131 Å². The van der Waals surface area contributed by atoms with E-state index in [0.717, 1.165) is 23.8 Å². The van der Waals surface area contributed by atoms with Crippen LogP contribution in [0.5, 0.6) is 0 Å². The first-order chi connectivity index (χ1) is 10.3. The van der Waals surface area contributed by atoms with Crippen LogP contribution < -0.4 is 10.4 Å². The van der Waals surface area contributed by atoms with E-state index < -0.39 is 0 Å². The highest BCUT2D eigenvalue weighted by Crippen LogP contribution is 2.38. The molecule has 0 spiro atoms. The number of hydrogen-bond donors (Lipinski definition) is 0. The zero-order valence-corrected chi connectivity index (χ0v) is 13.3. The number of fused-ring (bicyclic) bond motifs is 5. The van der Waals surface area contributed by atoms with Crippen LogP contribution in [0.3, 0.4) is 0 Å². The molecule has 0 nitrogen and oxygen atoms in total. The quantitative estimate of drug-likeness (QED) is 0.717. The molecule has 2 aromatic carbocycles. The van der Waals surface area contributed by atoms with Crippen LogP contribution in [0.1, 0.15) is 56.1 Å². The minimum Gasteiger partial charge on any atom is -0.0836 e. The van der Waals surface area contributed by atoms with Crippen molar-refractivity contribution < 1.29 is 0 Å². The van der Waals surface area contributed by atoms with E-state index in [2.05, 4.69) is 37.3 Å². The molecule has 0 saturated carbocycles. The Bertz CT molecular complexity index is 829. The van der Waals surface area contributed by atoms with Crippen molar-refractivity contribution in [1.29, 1.82) is 0 Å². The maximum atomic E-state index is 6.69. The van der Waals surface area contributed by atoms with E-state index in [-0.39, 0.29) is 0 Å². The normalized spacial score (nSPS) is 20.4. The Hall–Kier alpha value is -1.27. The van der Waals surface area contributed by atoms with Crippen molar-refractivity contribution in [3.63, 3.8) is 0 Å². The molecule has 0 aromatic heterocycles. The van der Waals surface area contributed by atoms with Crippen LogP contribution in [0.25, 0.3) is 22.9 Å². The summed E-state index contributed by atoms with van der Waals surface area (Å²) in [4.78, 5) is 0. The number of benzene rings is 2. The molecule has 0 fully saturated rings. The fourth-order valence-corrected chi connectivity index (χ4v) is 4.56. The van der Waals surface area contributed by atoms with E-state index in [0.29, 0.717) is 0 Å². The lowest BCUT2D eigenvalue weighted by molar-refractivity contribution is 0.542. The molecule has 0 aliphatic heterocycles. The fraction of sp³-hybridized carbons (Fsp3) is 0.400. The van der Waals surface area contributed by atoms with Gasteiger partial charge in [0.1, 0.15) is 0 Å². The Morgan fingerprint density at radius 1 is 1.19 bits per heavy atom. The van der Waals surface area contributed by atoms with Gasteiger partial charge < -0.3 is 0 Å². The third kappa shape index (κ3) is 2.04. The third-order valence-electron chi connectivity index (χ3n) is 5.26. The average Bonchev–Trinajstić information content (AvgIpc) is 2.53. The van der Waals surface area contributed by atoms with Crippen LogP contribution in [-0.2, 0) is 6.42 Å². The summed E-state index contributed by atoms with van der Waals surface area (Å²) < 4.78 is 0. The van der Waals surface area contributed by atoms with Crippen LogP contribution in [0, 0.1) is 0 Å². The van der Waals surface area contributed by atoms with Crippen molar-refractivity contribution >= 4 is 34.5 Å². The predicted molar refractivity (Wildman–Crippen MR) is 92.3 cm³/mol. The van der Waals surface area contributed by atoms with Gasteiger partial charge in [0.25, 0.3) is 0 Å². The number of rotatable bonds is 1. The third-order valence-corrected chi connectivity index (χ3v) is 5.56. The average molecular weight is 297 g/mol. The maximum absolute atomic E-state index is 6.69. The van der Waals surface area contributed by atoms with E-state index in [4.69, 9.17) is 11.6 Å². The zero-order chi connectivity index (χ0) is 14.4. The molecule has 2 aliphatic rings. The minimum atomic E-state index is 0.723. The lowest BCUT2D eigenvalue weighted by Gasteiger charge is -2.26. The summed E-state index contributed by atoms with van der Waals surface area (Å²) >= 11 is 6.69. The maximum Gasteiger partial charge on any atom is 0.0493 e. The van der Waals surface area contributed by atoms with Crippen molar-refractivity contribution in [3.8, 4) is 0 Å². The molecule has 108 valence electrons. The summed E-state index contributed by atoms with van der Waals surface area (Å²) in [6.07, 6.45) is 12.1. The smallest absolute Gasteiger partial charge is 0.0493 e. The molecule has 0 radical (unpaired) electrons. The standard InChI is InChI=1S/C20H21Cl/c1-2-13-7-5-9-17-16(13)10-11-18-15-8-4-3-6-14(15)12-19(21)20(17)18/h6,8,10-13H,2-5,7,9H2,1H3. The molecular weight excluding hydrogens is 276 g/mol. The van der Waals surface area contributed by atoms with Crippen molar-refractivity contribution in [1.82, 2.24) is 0 Å². The first-order valence-corrected chi connectivity index (χ1v) is 8.61. The van der Waals surface area contributed by atoms with E-state index in [1.54, 1.807) is 5.56 Å². The SMILES string of the molecule is CCC1CCCc2c1ccc1c3c(cc(Cl)c21)=CCCC=3. The Morgan fingerprint density at radius 3 is 2.90 bits per heavy atom. The van der Waals surface area contributed by atoms with Gasteiger partial charge >= 0.3 is 0 Å². The second kappa shape index (κ2) is 5.18. The first-order valence-electron chi connectivity index (χ1n) is 8.24. The highest BCUT2D eigenvalue weighted by molar-refractivity contribution is 6.35. The van der Waals surface area contributed by atoms with Gasteiger partial charge in [-0.05, 0) is 77.5 Å². The van der Waals surface area contributed by atoms with E-state index in [1.165, 1.54) is 52.5 Å². The molecule has 1 atom stereocenters. The number of aryl methyl sites for hydroxylation is 1. The van der Waals surface area contributed by atoms with Crippen molar-refractivity contribution in [2.75, 3.05) is 0 Å². The molecule has 4 rings (SSSR count). The summed E-state index contributed by atoms with van der Waals surface area (Å²) in [6.45, 7) is 2.31. The molecule has 0 heterocycles. The molecule has 1 unspecified atom stereocenters. The summed E-state index contributed by atoms with van der Waals surface area (Å²) in [5, 5.41) is 6.37. The predicted octanol–water partition coefficient (Wildman–Crippen LogP) is 4.68. The Morgan fingerprint density at radius 2 is 2.05 bits per heavy atom. The van der Waals surface area contributed by atoms with Gasteiger partial charge in [-0.15, -0.1) is 0 Å². The van der Waals surface area contributed by atoms with Gasteiger partial charge in [0.2, 0.25) is 0 Å². The van der Waals surface area contributed by atoms with Crippen molar-refractivity contribution in [2.24, 2.45) is 0 Å². The van der Waals surface area contributed by atoms with Gasteiger partial charge in [-0.25, -0.2) is 0 Å². The molecular formula is C20H21Cl. The monoisotopic (exact) mass is 296 g/mol. The lowest BCUT2D eigenvalue weighted by Crippen LogP contribution is -2.28. The van der Waals surface area contributed by atoms with Crippen molar-refractivity contribution in [3.05, 3.63) is 44.8 Å². The summed E-state index contributed by atoms with van der Waals surface area (Å²) in [5.74, 6) is 0.723. The molecule has 0 amide bonds. The summed E-state index contributed by atoms with van der Waals surface area (Å²) in [6, 6.07) is 6.89. The first kappa shape index (κ1) is 13.4. The van der Waals surface area contributed by atoms with Gasteiger partial charge in [0.05, 0.1) is 0 Å². The van der Waals surface area contributed by atoms with E-state index in [1.807, 2.05) is 0 Å². The molecule has 2 aliphatic carbocycles. The highest BCUT2D eigenvalue weighted by Gasteiger charge is 2.22. The fourth-order valence-electron chi connectivity index (χ4n) is 4.22. The lowest BCUT2D eigenvalue weighted by atomic mass is 9.79. The minimum absolute atomic E-state index is 0.723. The second-order valence-corrected chi connectivity index (χ2v) is 6.81. The van der Waals surface area contributed by atoms with Gasteiger partial charge in [0.15, 0.2) is 0 Å². The molecule has 2 aromatic rings. The topological polar surface area (TPSA) is 0 Å². The molecule has 21 heavy (non-hydrogen) atoms. The van der Waals surface area contributed by atoms with Crippen LogP contribution >= 0.6 is 11.6 Å². The van der Waals surface area contributed by atoms with Crippen molar-refractivity contribution in [2.45, 2.75) is 51.4 Å². The molecule has 1 heteroatoms. The Kier molecular flexibility index (Phi) is 3.30. The summed E-state index contributed by atoms with van der Waals surface area (Å²) in [5.41, 5.74) is 3.08. The summed E-state index contributed by atoms with van der Waals surface area (Å²) in [7, 11) is 0.